The van der Waals surface area contributed by atoms with Crippen molar-refractivity contribution in [3.05, 3.63) is 35.4 Å². The number of piperazine rings is 1. The first-order valence-corrected chi connectivity index (χ1v) is 7.68. The van der Waals surface area contributed by atoms with E-state index in [9.17, 15) is 4.79 Å². The Labute approximate surface area is 122 Å². The van der Waals surface area contributed by atoms with Crippen LogP contribution in [0.5, 0.6) is 0 Å². The molecule has 0 atom stereocenters. The van der Waals surface area contributed by atoms with Gasteiger partial charge >= 0.3 is 0 Å². The van der Waals surface area contributed by atoms with Crippen LogP contribution in [0.4, 0.5) is 0 Å². The molecule has 1 heterocycles. The molecule has 1 aliphatic heterocycles. The zero-order valence-electron chi connectivity index (χ0n) is 12.9. The van der Waals surface area contributed by atoms with Crippen molar-refractivity contribution in [3.63, 3.8) is 0 Å². The maximum absolute atomic E-state index is 12.3. The summed E-state index contributed by atoms with van der Waals surface area (Å²) in [6.45, 7) is 11.3. The van der Waals surface area contributed by atoms with Gasteiger partial charge < -0.3 is 0 Å². The van der Waals surface area contributed by atoms with Crippen LogP contribution in [0, 0.1) is 0 Å². The number of carbonyl (C=O) groups excluding carboxylic acids is 1. The zero-order valence-corrected chi connectivity index (χ0v) is 12.9. The number of nitrogens with zero attached hydrogens (tertiary/aromatic N) is 2. The summed E-state index contributed by atoms with van der Waals surface area (Å²) in [6, 6.07) is 8.65. The maximum Gasteiger partial charge on any atom is 0.176 e. The lowest BCUT2D eigenvalue weighted by molar-refractivity contribution is 0.0807. The van der Waals surface area contributed by atoms with E-state index in [0.717, 1.165) is 38.2 Å². The minimum Gasteiger partial charge on any atom is -0.298 e. The van der Waals surface area contributed by atoms with Crippen LogP contribution in [0.3, 0.4) is 0 Å². The van der Waals surface area contributed by atoms with Crippen LogP contribution >= 0.6 is 0 Å². The molecule has 1 aromatic rings. The highest BCUT2D eigenvalue weighted by molar-refractivity contribution is 5.97. The Balaban J connectivity index is 1.85. The van der Waals surface area contributed by atoms with Gasteiger partial charge in [0.25, 0.3) is 0 Å². The quantitative estimate of drug-likeness (QED) is 0.771. The lowest BCUT2D eigenvalue weighted by Crippen LogP contribution is -2.50. The number of rotatable bonds is 5. The standard InChI is InChI=1S/C17H26N2O/c1-4-15-5-7-16(8-6-15)17(20)13-18-9-11-19(12-10-18)14(2)3/h5-8,14H,4,9-13H2,1-3H3. The van der Waals surface area contributed by atoms with E-state index in [4.69, 9.17) is 0 Å². The molecule has 0 radical (unpaired) electrons. The van der Waals surface area contributed by atoms with Crippen LogP contribution in [0.1, 0.15) is 36.7 Å². The molecule has 110 valence electrons. The fourth-order valence-corrected chi connectivity index (χ4v) is 2.66. The lowest BCUT2D eigenvalue weighted by atomic mass is 10.1. The molecule has 2 rings (SSSR count). The zero-order chi connectivity index (χ0) is 14.5. The molecule has 3 nitrogen and oxygen atoms in total. The van der Waals surface area contributed by atoms with E-state index in [1.807, 2.05) is 12.1 Å². The first-order valence-electron chi connectivity index (χ1n) is 7.68. The Bertz CT molecular complexity index is 431. The average molecular weight is 274 g/mol. The lowest BCUT2D eigenvalue weighted by Gasteiger charge is -2.36. The highest BCUT2D eigenvalue weighted by Gasteiger charge is 2.20. The van der Waals surface area contributed by atoms with Crippen molar-refractivity contribution in [1.29, 1.82) is 0 Å². The van der Waals surface area contributed by atoms with Crippen molar-refractivity contribution in [2.24, 2.45) is 0 Å². The van der Waals surface area contributed by atoms with E-state index >= 15 is 0 Å². The number of Topliss-reactive ketones (excluding diaryl/α,β-unsaturated/α-hetero) is 1. The Hall–Kier alpha value is -1.19. The van der Waals surface area contributed by atoms with Crippen molar-refractivity contribution in [2.75, 3.05) is 32.7 Å². The fourth-order valence-electron chi connectivity index (χ4n) is 2.66. The molecule has 0 amide bonds. The minimum absolute atomic E-state index is 0.241. The van der Waals surface area contributed by atoms with E-state index in [1.165, 1.54) is 5.56 Å². The van der Waals surface area contributed by atoms with Gasteiger partial charge in [0.2, 0.25) is 0 Å². The smallest absolute Gasteiger partial charge is 0.176 e. The summed E-state index contributed by atoms with van der Waals surface area (Å²) in [5.41, 5.74) is 2.13. The van der Waals surface area contributed by atoms with Crippen LogP contribution in [-0.4, -0.2) is 54.3 Å². The third kappa shape index (κ3) is 3.90. The van der Waals surface area contributed by atoms with E-state index < -0.39 is 0 Å². The van der Waals surface area contributed by atoms with Gasteiger partial charge in [-0.05, 0) is 25.8 Å². The van der Waals surface area contributed by atoms with Crippen LogP contribution in [0.2, 0.25) is 0 Å². The molecule has 0 aromatic heterocycles. The van der Waals surface area contributed by atoms with E-state index in [0.29, 0.717) is 12.6 Å². The number of benzene rings is 1. The van der Waals surface area contributed by atoms with Gasteiger partial charge in [-0.2, -0.15) is 0 Å². The predicted octanol–water partition coefficient (Wildman–Crippen LogP) is 2.46. The van der Waals surface area contributed by atoms with Gasteiger partial charge in [0, 0.05) is 37.8 Å². The summed E-state index contributed by atoms with van der Waals surface area (Å²) in [6.07, 6.45) is 1.02. The molecule has 20 heavy (non-hydrogen) atoms. The summed E-state index contributed by atoms with van der Waals surface area (Å²) in [4.78, 5) is 17.0. The summed E-state index contributed by atoms with van der Waals surface area (Å²) >= 11 is 0. The summed E-state index contributed by atoms with van der Waals surface area (Å²) in [5.74, 6) is 0.241. The first-order chi connectivity index (χ1) is 9.60. The number of ketones is 1. The van der Waals surface area contributed by atoms with Gasteiger partial charge in [0.1, 0.15) is 0 Å². The minimum atomic E-state index is 0.241. The molecule has 1 saturated heterocycles. The van der Waals surface area contributed by atoms with Crippen LogP contribution in [0.15, 0.2) is 24.3 Å². The maximum atomic E-state index is 12.3. The van der Waals surface area contributed by atoms with E-state index in [-0.39, 0.29) is 5.78 Å². The van der Waals surface area contributed by atoms with E-state index in [2.05, 4.69) is 42.7 Å². The molecule has 1 aliphatic rings. The summed E-state index contributed by atoms with van der Waals surface area (Å²) in [5, 5.41) is 0. The molecular formula is C17H26N2O. The SMILES string of the molecule is CCc1ccc(C(=O)CN2CCN(C(C)C)CC2)cc1. The Morgan fingerprint density at radius 2 is 1.70 bits per heavy atom. The molecule has 0 saturated carbocycles. The first kappa shape index (κ1) is 15.2. The van der Waals surface area contributed by atoms with Crippen molar-refractivity contribution in [1.82, 2.24) is 9.80 Å². The highest BCUT2D eigenvalue weighted by atomic mass is 16.1. The Kier molecular flexibility index (Phi) is 5.32. The number of aryl methyl sites for hydroxylation is 1. The Morgan fingerprint density at radius 1 is 1.10 bits per heavy atom. The van der Waals surface area contributed by atoms with Crippen LogP contribution in [-0.2, 0) is 6.42 Å². The summed E-state index contributed by atoms with van der Waals surface area (Å²) in [7, 11) is 0. The van der Waals surface area contributed by atoms with Gasteiger partial charge in [0.05, 0.1) is 6.54 Å². The third-order valence-corrected chi connectivity index (χ3v) is 4.19. The van der Waals surface area contributed by atoms with Crippen molar-refractivity contribution < 1.29 is 4.79 Å². The third-order valence-electron chi connectivity index (χ3n) is 4.19. The van der Waals surface area contributed by atoms with Crippen molar-refractivity contribution >= 4 is 5.78 Å². The molecule has 0 N–H and O–H groups in total. The second kappa shape index (κ2) is 7.00. The van der Waals surface area contributed by atoms with Gasteiger partial charge in [-0.25, -0.2) is 0 Å². The molecule has 1 aromatic carbocycles. The second-order valence-electron chi connectivity index (χ2n) is 5.88. The van der Waals surface area contributed by atoms with Gasteiger partial charge in [-0.3, -0.25) is 14.6 Å². The average Bonchev–Trinajstić information content (AvgIpc) is 2.48. The van der Waals surface area contributed by atoms with Gasteiger partial charge in [-0.15, -0.1) is 0 Å². The topological polar surface area (TPSA) is 23.6 Å². The number of carbonyl (C=O) groups is 1. The monoisotopic (exact) mass is 274 g/mol. The molecule has 1 fully saturated rings. The van der Waals surface area contributed by atoms with E-state index in [1.54, 1.807) is 0 Å². The Morgan fingerprint density at radius 3 is 2.20 bits per heavy atom. The van der Waals surface area contributed by atoms with Crippen molar-refractivity contribution in [3.8, 4) is 0 Å². The van der Waals surface area contributed by atoms with Crippen LogP contribution < -0.4 is 0 Å². The molecule has 0 bridgehead atoms. The summed E-state index contributed by atoms with van der Waals surface area (Å²) < 4.78 is 0. The second-order valence-corrected chi connectivity index (χ2v) is 5.88. The molecule has 0 unspecified atom stereocenters. The molecular weight excluding hydrogens is 248 g/mol. The predicted molar refractivity (Wildman–Crippen MR) is 83.3 cm³/mol. The van der Waals surface area contributed by atoms with Crippen molar-refractivity contribution in [2.45, 2.75) is 33.2 Å². The largest absolute Gasteiger partial charge is 0.298 e. The molecule has 0 aliphatic carbocycles. The molecule has 3 heteroatoms. The normalized spacial score (nSPS) is 17.6. The van der Waals surface area contributed by atoms with Gasteiger partial charge in [-0.1, -0.05) is 31.2 Å². The number of hydrogen-bond acceptors (Lipinski definition) is 3. The molecule has 0 spiro atoms. The highest BCUT2D eigenvalue weighted by Crippen LogP contribution is 2.09. The number of hydrogen-bond donors (Lipinski definition) is 0. The van der Waals surface area contributed by atoms with Gasteiger partial charge in [0.15, 0.2) is 5.78 Å². The fraction of sp³-hybridized carbons (Fsp3) is 0.588. The van der Waals surface area contributed by atoms with Crippen LogP contribution in [0.25, 0.3) is 0 Å².